The molecule has 2 rings (SSSR count). The van der Waals surface area contributed by atoms with Gasteiger partial charge in [0.05, 0.1) is 12.8 Å². The Morgan fingerprint density at radius 3 is 2.42 bits per heavy atom. The van der Waals surface area contributed by atoms with Gasteiger partial charge in [-0.05, 0) is 38.1 Å². The quantitative estimate of drug-likeness (QED) is 0.788. The molecule has 0 amide bonds. The number of ether oxygens (including phenoxy) is 2. The molecule has 0 aliphatic carbocycles. The molecule has 0 aliphatic rings. The van der Waals surface area contributed by atoms with Gasteiger partial charge in [0.1, 0.15) is 22.8 Å². The largest absolute Gasteiger partial charge is 0.496 e. The van der Waals surface area contributed by atoms with E-state index in [2.05, 4.69) is 4.98 Å². The number of hydrogen-bond donors (Lipinski definition) is 0. The van der Waals surface area contributed by atoms with Gasteiger partial charge >= 0.3 is 0 Å². The first-order valence-corrected chi connectivity index (χ1v) is 5.91. The first kappa shape index (κ1) is 13.1. The van der Waals surface area contributed by atoms with Crippen LogP contribution in [0, 0.1) is 6.92 Å². The Labute approximate surface area is 112 Å². The summed E-state index contributed by atoms with van der Waals surface area (Å²) in [4.78, 5) is 15.9. The lowest BCUT2D eigenvalue weighted by Crippen LogP contribution is -2.01. The molecule has 0 fully saturated rings. The van der Waals surface area contributed by atoms with E-state index in [1.165, 1.54) is 14.0 Å². The number of hydrogen-bond acceptors (Lipinski definition) is 4. The monoisotopic (exact) mass is 257 g/mol. The first-order valence-electron chi connectivity index (χ1n) is 5.91. The Morgan fingerprint density at radius 2 is 1.79 bits per heavy atom. The zero-order valence-corrected chi connectivity index (χ0v) is 11.1. The van der Waals surface area contributed by atoms with Crippen LogP contribution in [-0.2, 0) is 0 Å². The van der Waals surface area contributed by atoms with Crippen LogP contribution in [0.15, 0.2) is 36.5 Å². The smallest absolute Gasteiger partial charge is 0.167 e. The maximum absolute atomic E-state index is 11.7. The van der Waals surface area contributed by atoms with E-state index in [0.717, 1.165) is 5.69 Å². The third kappa shape index (κ3) is 2.73. The van der Waals surface area contributed by atoms with Gasteiger partial charge in [0.2, 0.25) is 0 Å². The predicted octanol–water partition coefficient (Wildman–Crippen LogP) is 3.39. The van der Waals surface area contributed by atoms with Crippen LogP contribution in [-0.4, -0.2) is 17.9 Å². The number of pyridine rings is 1. The number of ketones is 1. The Morgan fingerprint density at radius 1 is 1.11 bits per heavy atom. The summed E-state index contributed by atoms with van der Waals surface area (Å²) in [6, 6.07) is 8.86. The number of benzene rings is 1. The minimum Gasteiger partial charge on any atom is -0.496 e. The Balaban J connectivity index is 2.46. The third-order valence-corrected chi connectivity index (χ3v) is 2.74. The maximum atomic E-state index is 11.7. The van der Waals surface area contributed by atoms with E-state index >= 15 is 0 Å². The van der Waals surface area contributed by atoms with Gasteiger partial charge in [0.15, 0.2) is 5.78 Å². The lowest BCUT2D eigenvalue weighted by molar-refractivity contribution is 0.101. The molecule has 1 aromatic heterocycles. The number of nitrogens with zero attached hydrogens (tertiary/aromatic N) is 1. The molecule has 98 valence electrons. The fourth-order valence-electron chi connectivity index (χ4n) is 1.81. The van der Waals surface area contributed by atoms with Crippen molar-refractivity contribution in [1.29, 1.82) is 0 Å². The highest BCUT2D eigenvalue weighted by Gasteiger charge is 2.16. The van der Waals surface area contributed by atoms with Crippen LogP contribution in [0.3, 0.4) is 0 Å². The molecule has 19 heavy (non-hydrogen) atoms. The highest BCUT2D eigenvalue weighted by Crippen LogP contribution is 2.32. The van der Waals surface area contributed by atoms with Crippen molar-refractivity contribution >= 4 is 5.78 Å². The molecule has 4 nitrogen and oxygen atoms in total. The summed E-state index contributed by atoms with van der Waals surface area (Å²) in [6.07, 6.45) is 1.69. The molecule has 0 N–H and O–H groups in total. The van der Waals surface area contributed by atoms with Crippen LogP contribution in [0.25, 0.3) is 0 Å². The zero-order valence-electron chi connectivity index (χ0n) is 11.1. The second kappa shape index (κ2) is 5.52. The predicted molar refractivity (Wildman–Crippen MR) is 72.0 cm³/mol. The van der Waals surface area contributed by atoms with Crippen molar-refractivity contribution in [3.63, 3.8) is 0 Å². The standard InChI is InChI=1S/C15H15NO3/c1-10-12(8-5-9-16-10)19-14-7-4-6-13(18-3)15(14)11(2)17/h4-9H,1-3H3. The highest BCUT2D eigenvalue weighted by atomic mass is 16.5. The van der Waals surface area contributed by atoms with E-state index in [1.807, 2.05) is 13.0 Å². The second-order valence-corrected chi connectivity index (χ2v) is 4.08. The molecule has 0 aliphatic heterocycles. The third-order valence-electron chi connectivity index (χ3n) is 2.74. The molecular weight excluding hydrogens is 242 g/mol. The highest BCUT2D eigenvalue weighted by molar-refractivity contribution is 5.99. The van der Waals surface area contributed by atoms with Crippen LogP contribution in [0.1, 0.15) is 23.0 Å². The topological polar surface area (TPSA) is 48.4 Å². The first-order chi connectivity index (χ1) is 9.13. The van der Waals surface area contributed by atoms with Crippen molar-refractivity contribution in [2.24, 2.45) is 0 Å². The summed E-state index contributed by atoms with van der Waals surface area (Å²) in [5.41, 5.74) is 1.20. The van der Waals surface area contributed by atoms with Crippen molar-refractivity contribution in [3.8, 4) is 17.2 Å². The number of methoxy groups -OCH3 is 1. The lowest BCUT2D eigenvalue weighted by Gasteiger charge is -2.13. The van der Waals surface area contributed by atoms with Crippen LogP contribution >= 0.6 is 0 Å². The van der Waals surface area contributed by atoms with E-state index in [1.54, 1.807) is 30.5 Å². The number of aryl methyl sites for hydroxylation is 1. The minimum absolute atomic E-state index is 0.103. The average Bonchev–Trinajstić information content (AvgIpc) is 2.40. The summed E-state index contributed by atoms with van der Waals surface area (Å²) in [6.45, 7) is 3.34. The van der Waals surface area contributed by atoms with Gasteiger partial charge in [-0.1, -0.05) is 6.07 Å². The summed E-state index contributed by atoms with van der Waals surface area (Å²) < 4.78 is 11.0. The van der Waals surface area contributed by atoms with Crippen LogP contribution < -0.4 is 9.47 Å². The molecule has 0 unspecified atom stereocenters. The Hall–Kier alpha value is -2.36. The van der Waals surface area contributed by atoms with Gasteiger partial charge in [-0.3, -0.25) is 9.78 Å². The van der Waals surface area contributed by atoms with Gasteiger partial charge < -0.3 is 9.47 Å². The van der Waals surface area contributed by atoms with E-state index < -0.39 is 0 Å². The molecule has 0 saturated heterocycles. The number of carbonyl (C=O) groups excluding carboxylic acids is 1. The van der Waals surface area contributed by atoms with Crippen LogP contribution in [0.4, 0.5) is 0 Å². The Bertz CT molecular complexity index is 608. The number of aromatic nitrogens is 1. The number of Topliss-reactive ketones (excluding diaryl/α,β-unsaturated/α-hetero) is 1. The van der Waals surface area contributed by atoms with E-state index in [9.17, 15) is 4.79 Å². The SMILES string of the molecule is COc1cccc(Oc2cccnc2C)c1C(C)=O. The molecule has 0 saturated carbocycles. The van der Waals surface area contributed by atoms with Crippen LogP contribution in [0.5, 0.6) is 17.2 Å². The van der Waals surface area contributed by atoms with Gasteiger partial charge in [-0.25, -0.2) is 0 Å². The minimum atomic E-state index is -0.103. The number of rotatable bonds is 4. The zero-order chi connectivity index (χ0) is 13.8. The summed E-state index contributed by atoms with van der Waals surface area (Å²) >= 11 is 0. The lowest BCUT2D eigenvalue weighted by atomic mass is 10.1. The second-order valence-electron chi connectivity index (χ2n) is 4.08. The van der Waals surface area contributed by atoms with Crippen molar-refractivity contribution in [1.82, 2.24) is 4.98 Å². The maximum Gasteiger partial charge on any atom is 0.167 e. The molecule has 1 aromatic carbocycles. The average molecular weight is 257 g/mol. The normalized spacial score (nSPS) is 10.1. The van der Waals surface area contributed by atoms with Gasteiger partial charge in [0.25, 0.3) is 0 Å². The molecule has 1 heterocycles. The van der Waals surface area contributed by atoms with Crippen molar-refractivity contribution in [3.05, 3.63) is 47.8 Å². The summed E-state index contributed by atoms with van der Waals surface area (Å²) in [7, 11) is 1.53. The number of carbonyl (C=O) groups is 1. The molecule has 0 spiro atoms. The van der Waals surface area contributed by atoms with Gasteiger partial charge in [-0.15, -0.1) is 0 Å². The van der Waals surface area contributed by atoms with Crippen molar-refractivity contribution in [2.75, 3.05) is 7.11 Å². The van der Waals surface area contributed by atoms with E-state index in [0.29, 0.717) is 22.8 Å². The van der Waals surface area contributed by atoms with E-state index in [4.69, 9.17) is 9.47 Å². The van der Waals surface area contributed by atoms with Crippen molar-refractivity contribution < 1.29 is 14.3 Å². The fraction of sp³-hybridized carbons (Fsp3) is 0.200. The summed E-state index contributed by atoms with van der Waals surface area (Å²) in [5.74, 6) is 1.50. The van der Waals surface area contributed by atoms with E-state index in [-0.39, 0.29) is 5.78 Å². The summed E-state index contributed by atoms with van der Waals surface area (Å²) in [5, 5.41) is 0. The molecule has 0 bridgehead atoms. The molecule has 0 atom stereocenters. The van der Waals surface area contributed by atoms with Gasteiger partial charge in [-0.2, -0.15) is 0 Å². The van der Waals surface area contributed by atoms with Gasteiger partial charge in [0, 0.05) is 6.20 Å². The molecule has 2 aromatic rings. The van der Waals surface area contributed by atoms with Crippen LogP contribution in [0.2, 0.25) is 0 Å². The fourth-order valence-corrected chi connectivity index (χ4v) is 1.81. The Kier molecular flexibility index (Phi) is 3.80. The molecule has 4 heteroatoms. The molecular formula is C15H15NO3. The van der Waals surface area contributed by atoms with Crippen molar-refractivity contribution in [2.45, 2.75) is 13.8 Å². The molecule has 0 radical (unpaired) electrons.